The Hall–Kier alpha value is -1.02. The SMILES string of the molecule is COc1ccc(C[NH+]2CCCC[C@@H]2C)cc1C. The number of methoxy groups -OCH3 is 1. The first-order valence-corrected chi connectivity index (χ1v) is 6.69. The summed E-state index contributed by atoms with van der Waals surface area (Å²) < 4.78 is 5.30. The molecule has 1 aliphatic rings. The Morgan fingerprint density at radius 2 is 2.18 bits per heavy atom. The minimum Gasteiger partial charge on any atom is -0.496 e. The summed E-state index contributed by atoms with van der Waals surface area (Å²) in [7, 11) is 1.74. The standard InChI is InChI=1S/C15H23NO/c1-12-10-14(7-8-15(12)17-3)11-16-9-5-4-6-13(16)2/h7-8,10,13H,4-6,9,11H2,1-3H3/p+1/t13-/m0/s1. The molecule has 0 spiro atoms. The van der Waals surface area contributed by atoms with Gasteiger partial charge < -0.3 is 9.64 Å². The summed E-state index contributed by atoms with van der Waals surface area (Å²) in [6, 6.07) is 7.39. The number of piperidine rings is 1. The van der Waals surface area contributed by atoms with Crippen LogP contribution in [0.5, 0.6) is 5.75 Å². The minimum absolute atomic E-state index is 0.811. The van der Waals surface area contributed by atoms with Gasteiger partial charge in [-0.2, -0.15) is 0 Å². The van der Waals surface area contributed by atoms with Gasteiger partial charge in [0.2, 0.25) is 0 Å². The molecule has 0 aliphatic carbocycles. The van der Waals surface area contributed by atoms with E-state index in [0.717, 1.165) is 18.3 Å². The number of likely N-dealkylation sites (tertiary alicyclic amines) is 1. The van der Waals surface area contributed by atoms with E-state index in [1.54, 1.807) is 12.0 Å². The molecule has 1 N–H and O–H groups in total. The molecule has 2 rings (SSSR count). The molecule has 0 saturated carbocycles. The van der Waals surface area contributed by atoms with E-state index in [4.69, 9.17) is 4.74 Å². The Labute approximate surface area is 105 Å². The fourth-order valence-corrected chi connectivity index (χ4v) is 2.83. The van der Waals surface area contributed by atoms with Crippen molar-refractivity contribution >= 4 is 0 Å². The number of ether oxygens (including phenoxy) is 1. The van der Waals surface area contributed by atoms with Crippen LogP contribution in [-0.2, 0) is 6.54 Å². The highest BCUT2D eigenvalue weighted by Gasteiger charge is 2.21. The molecule has 1 aromatic rings. The Balaban J connectivity index is 2.05. The molecular weight excluding hydrogens is 210 g/mol. The lowest BCUT2D eigenvalue weighted by molar-refractivity contribution is -0.941. The molecule has 0 amide bonds. The van der Waals surface area contributed by atoms with Crippen molar-refractivity contribution in [3.05, 3.63) is 29.3 Å². The van der Waals surface area contributed by atoms with E-state index in [1.807, 2.05) is 0 Å². The Bertz CT molecular complexity index is 375. The third-order valence-electron chi connectivity index (χ3n) is 3.97. The Morgan fingerprint density at radius 3 is 2.82 bits per heavy atom. The Morgan fingerprint density at radius 1 is 1.35 bits per heavy atom. The molecule has 1 saturated heterocycles. The highest BCUT2D eigenvalue weighted by Crippen LogP contribution is 2.18. The maximum Gasteiger partial charge on any atom is 0.121 e. The van der Waals surface area contributed by atoms with Crippen LogP contribution < -0.4 is 9.64 Å². The lowest BCUT2D eigenvalue weighted by atomic mass is 10.0. The third kappa shape index (κ3) is 3.01. The lowest BCUT2D eigenvalue weighted by Crippen LogP contribution is -3.14. The van der Waals surface area contributed by atoms with Crippen molar-refractivity contribution in [3.63, 3.8) is 0 Å². The summed E-state index contributed by atoms with van der Waals surface area (Å²) in [5.74, 6) is 0.996. The van der Waals surface area contributed by atoms with Crippen molar-refractivity contribution in [2.75, 3.05) is 13.7 Å². The molecule has 2 nitrogen and oxygen atoms in total. The average Bonchev–Trinajstić information content (AvgIpc) is 2.32. The van der Waals surface area contributed by atoms with Crippen LogP contribution in [0.15, 0.2) is 18.2 Å². The highest BCUT2D eigenvalue weighted by atomic mass is 16.5. The van der Waals surface area contributed by atoms with Crippen LogP contribution in [0.3, 0.4) is 0 Å². The molecule has 1 aromatic carbocycles. The van der Waals surface area contributed by atoms with Gasteiger partial charge in [-0.1, -0.05) is 0 Å². The zero-order valence-corrected chi connectivity index (χ0v) is 11.3. The lowest BCUT2D eigenvalue weighted by Gasteiger charge is -2.30. The minimum atomic E-state index is 0.811. The normalized spacial score (nSPS) is 24.6. The number of nitrogens with one attached hydrogen (secondary N) is 1. The number of hydrogen-bond acceptors (Lipinski definition) is 1. The fourth-order valence-electron chi connectivity index (χ4n) is 2.83. The molecule has 1 aliphatic heterocycles. The molecule has 1 heterocycles. The van der Waals surface area contributed by atoms with Gasteiger partial charge in [-0.3, -0.25) is 0 Å². The van der Waals surface area contributed by atoms with E-state index in [1.165, 1.54) is 36.9 Å². The van der Waals surface area contributed by atoms with Gasteiger partial charge in [0.15, 0.2) is 0 Å². The highest BCUT2D eigenvalue weighted by molar-refractivity contribution is 5.35. The van der Waals surface area contributed by atoms with E-state index in [0.29, 0.717) is 0 Å². The van der Waals surface area contributed by atoms with Crippen LogP contribution in [-0.4, -0.2) is 19.7 Å². The molecule has 1 fully saturated rings. The van der Waals surface area contributed by atoms with Gasteiger partial charge in [0.05, 0.1) is 19.7 Å². The quantitative estimate of drug-likeness (QED) is 0.844. The van der Waals surface area contributed by atoms with Gasteiger partial charge >= 0.3 is 0 Å². The Kier molecular flexibility index (Phi) is 4.06. The third-order valence-corrected chi connectivity index (χ3v) is 3.97. The molecular formula is C15H24NO+. The molecule has 0 bridgehead atoms. The molecule has 17 heavy (non-hydrogen) atoms. The summed E-state index contributed by atoms with van der Waals surface area (Å²) in [4.78, 5) is 1.74. The van der Waals surface area contributed by atoms with Crippen molar-refractivity contribution < 1.29 is 9.64 Å². The summed E-state index contributed by atoms with van der Waals surface area (Å²) in [6.07, 6.45) is 4.17. The van der Waals surface area contributed by atoms with Gasteiger partial charge in [-0.25, -0.2) is 0 Å². The van der Waals surface area contributed by atoms with Gasteiger partial charge in [-0.05, 0) is 56.9 Å². The van der Waals surface area contributed by atoms with Gasteiger partial charge in [0.1, 0.15) is 12.3 Å². The molecule has 0 radical (unpaired) electrons. The number of rotatable bonds is 3. The summed E-state index contributed by atoms with van der Waals surface area (Å²) >= 11 is 0. The van der Waals surface area contributed by atoms with Crippen LogP contribution in [0, 0.1) is 6.92 Å². The zero-order valence-electron chi connectivity index (χ0n) is 11.3. The second-order valence-electron chi connectivity index (χ2n) is 5.29. The van der Waals surface area contributed by atoms with E-state index in [-0.39, 0.29) is 0 Å². The maximum atomic E-state index is 5.30. The van der Waals surface area contributed by atoms with Crippen LogP contribution in [0.1, 0.15) is 37.3 Å². The fraction of sp³-hybridized carbons (Fsp3) is 0.600. The van der Waals surface area contributed by atoms with Crippen molar-refractivity contribution in [1.82, 2.24) is 0 Å². The van der Waals surface area contributed by atoms with Crippen LogP contribution >= 0.6 is 0 Å². The predicted octanol–water partition coefficient (Wildman–Crippen LogP) is 1.96. The molecule has 0 aromatic heterocycles. The van der Waals surface area contributed by atoms with Gasteiger partial charge in [-0.15, -0.1) is 0 Å². The van der Waals surface area contributed by atoms with Crippen LogP contribution in [0.25, 0.3) is 0 Å². The van der Waals surface area contributed by atoms with Crippen molar-refractivity contribution in [3.8, 4) is 5.75 Å². The number of aryl methyl sites for hydroxylation is 1. The second-order valence-corrected chi connectivity index (χ2v) is 5.29. The first-order chi connectivity index (χ1) is 8.20. The number of hydrogen-bond donors (Lipinski definition) is 1. The molecule has 1 unspecified atom stereocenters. The predicted molar refractivity (Wildman–Crippen MR) is 70.6 cm³/mol. The number of quaternary nitrogens is 1. The first kappa shape index (κ1) is 12.4. The smallest absolute Gasteiger partial charge is 0.121 e. The van der Waals surface area contributed by atoms with Gasteiger partial charge in [0, 0.05) is 5.56 Å². The van der Waals surface area contributed by atoms with Crippen molar-refractivity contribution in [2.45, 2.75) is 45.7 Å². The van der Waals surface area contributed by atoms with E-state index in [2.05, 4.69) is 32.0 Å². The first-order valence-electron chi connectivity index (χ1n) is 6.69. The van der Waals surface area contributed by atoms with Crippen molar-refractivity contribution in [2.24, 2.45) is 0 Å². The van der Waals surface area contributed by atoms with Gasteiger partial charge in [0.25, 0.3) is 0 Å². The monoisotopic (exact) mass is 234 g/mol. The van der Waals surface area contributed by atoms with Crippen molar-refractivity contribution in [1.29, 1.82) is 0 Å². The average molecular weight is 234 g/mol. The summed E-state index contributed by atoms with van der Waals surface area (Å²) in [6.45, 7) is 6.99. The molecule has 2 atom stereocenters. The summed E-state index contributed by atoms with van der Waals surface area (Å²) in [5, 5.41) is 0. The number of benzene rings is 1. The van der Waals surface area contributed by atoms with Crippen LogP contribution in [0.4, 0.5) is 0 Å². The molecule has 94 valence electrons. The topological polar surface area (TPSA) is 13.7 Å². The molecule has 2 heteroatoms. The zero-order chi connectivity index (χ0) is 12.3. The summed E-state index contributed by atoms with van der Waals surface area (Å²) in [5.41, 5.74) is 2.68. The van der Waals surface area contributed by atoms with E-state index >= 15 is 0 Å². The van der Waals surface area contributed by atoms with E-state index in [9.17, 15) is 0 Å². The van der Waals surface area contributed by atoms with E-state index < -0.39 is 0 Å². The van der Waals surface area contributed by atoms with Crippen LogP contribution in [0.2, 0.25) is 0 Å². The maximum absolute atomic E-state index is 5.30. The largest absolute Gasteiger partial charge is 0.496 e. The second kappa shape index (κ2) is 5.54.